The topological polar surface area (TPSA) is 90.8 Å². The van der Waals surface area contributed by atoms with E-state index in [1.54, 1.807) is 12.1 Å². The molecule has 0 radical (unpaired) electrons. The molecule has 0 aliphatic carbocycles. The fourth-order valence-electron chi connectivity index (χ4n) is 3.63. The molecule has 0 amide bonds. The Morgan fingerprint density at radius 2 is 1.81 bits per heavy atom. The molecule has 1 N–H and O–H groups in total. The van der Waals surface area contributed by atoms with E-state index in [1.165, 1.54) is 13.2 Å². The molecule has 2 heterocycles. The molecule has 2 aromatic carbocycles. The Kier molecular flexibility index (Phi) is 8.15. The van der Waals surface area contributed by atoms with Crippen molar-refractivity contribution in [1.29, 1.82) is 0 Å². The highest BCUT2D eigenvalue weighted by molar-refractivity contribution is 6.31. The number of hydrogen-bond acceptors (Lipinski definition) is 6. The van der Waals surface area contributed by atoms with Crippen LogP contribution in [-0.4, -0.2) is 41.4 Å². The van der Waals surface area contributed by atoms with E-state index >= 15 is 0 Å². The Morgan fingerprint density at radius 3 is 2.56 bits per heavy atom. The van der Waals surface area contributed by atoms with Gasteiger partial charge in [-0.1, -0.05) is 29.8 Å². The Balaban J connectivity index is 1.52. The molecule has 0 saturated heterocycles. The lowest BCUT2D eigenvalue weighted by Gasteiger charge is -2.19. The molecule has 4 rings (SSSR count). The normalized spacial score (nSPS) is 12.1. The number of carboxylic acids is 1. The summed E-state index contributed by atoms with van der Waals surface area (Å²) in [6.07, 6.45) is 3.26. The number of aromatic nitrogens is 2. The molecule has 0 aliphatic rings. The third-order valence-corrected chi connectivity index (χ3v) is 5.63. The van der Waals surface area contributed by atoms with Gasteiger partial charge in [0.05, 0.1) is 29.7 Å². The molecule has 0 bridgehead atoms. The first kappa shape index (κ1) is 25.2. The number of carboxylic acid groups (broad SMARTS) is 1. The van der Waals surface area contributed by atoms with E-state index in [2.05, 4.69) is 4.98 Å². The number of halogens is 1. The minimum absolute atomic E-state index is 0.0124. The van der Waals surface area contributed by atoms with Crippen LogP contribution in [0.5, 0.6) is 11.5 Å². The summed E-state index contributed by atoms with van der Waals surface area (Å²) in [6, 6.07) is 19.8. The van der Waals surface area contributed by atoms with E-state index in [-0.39, 0.29) is 17.9 Å². The summed E-state index contributed by atoms with van der Waals surface area (Å²) in [6.45, 7) is 2.41. The summed E-state index contributed by atoms with van der Waals surface area (Å²) in [7, 11) is 1.48. The molecular weight excluding hydrogens is 480 g/mol. The van der Waals surface area contributed by atoms with Crippen molar-refractivity contribution in [2.75, 3.05) is 20.3 Å². The van der Waals surface area contributed by atoms with Crippen molar-refractivity contribution in [1.82, 2.24) is 9.97 Å². The summed E-state index contributed by atoms with van der Waals surface area (Å²) in [5.41, 5.74) is 3.00. The van der Waals surface area contributed by atoms with E-state index < -0.39 is 12.1 Å². The van der Waals surface area contributed by atoms with Gasteiger partial charge in [-0.05, 0) is 67.6 Å². The molecule has 1 atom stereocenters. The zero-order valence-electron chi connectivity index (χ0n) is 19.8. The number of aromatic carboxylic acids is 1. The first-order chi connectivity index (χ1) is 17.5. The molecule has 36 heavy (non-hydrogen) atoms. The van der Waals surface area contributed by atoms with Crippen LogP contribution in [0.4, 0.5) is 0 Å². The first-order valence-electron chi connectivity index (χ1n) is 11.3. The second-order valence-corrected chi connectivity index (χ2v) is 8.25. The second-order valence-electron chi connectivity index (χ2n) is 7.82. The average Bonchev–Trinajstić information content (AvgIpc) is 2.89. The smallest absolute Gasteiger partial charge is 0.339 e. The van der Waals surface area contributed by atoms with Gasteiger partial charge in [-0.15, -0.1) is 0 Å². The maximum Gasteiger partial charge on any atom is 0.339 e. The van der Waals surface area contributed by atoms with Gasteiger partial charge in [0.15, 0.2) is 0 Å². The summed E-state index contributed by atoms with van der Waals surface area (Å²) < 4.78 is 16.8. The van der Waals surface area contributed by atoms with Gasteiger partial charge >= 0.3 is 5.97 Å². The summed E-state index contributed by atoms with van der Waals surface area (Å²) in [5, 5.41) is 11.2. The van der Waals surface area contributed by atoms with Crippen LogP contribution in [0.25, 0.3) is 23.1 Å². The largest absolute Gasteiger partial charge is 0.497 e. The number of hydrogen-bond donors (Lipinski definition) is 1. The van der Waals surface area contributed by atoms with Crippen LogP contribution in [0.1, 0.15) is 40.5 Å². The van der Waals surface area contributed by atoms with Crippen LogP contribution in [-0.2, 0) is 4.74 Å². The van der Waals surface area contributed by atoms with Gasteiger partial charge in [-0.25, -0.2) is 9.78 Å². The molecule has 8 heteroatoms. The monoisotopic (exact) mass is 504 g/mol. The Hall–Kier alpha value is -3.94. The molecule has 0 saturated carbocycles. The lowest BCUT2D eigenvalue weighted by Crippen LogP contribution is -2.16. The number of carbonyl (C=O) groups is 1. The number of pyridine rings is 2. The predicted molar refractivity (Wildman–Crippen MR) is 140 cm³/mol. The van der Waals surface area contributed by atoms with Gasteiger partial charge in [0.25, 0.3) is 0 Å². The van der Waals surface area contributed by atoms with E-state index in [4.69, 9.17) is 30.8 Å². The Labute approximate surface area is 213 Å². The van der Waals surface area contributed by atoms with Gasteiger partial charge in [-0.3, -0.25) is 4.98 Å². The number of benzene rings is 2. The molecule has 0 fully saturated rings. The van der Waals surface area contributed by atoms with Crippen molar-refractivity contribution < 1.29 is 24.1 Å². The zero-order valence-corrected chi connectivity index (χ0v) is 20.6. The fourth-order valence-corrected chi connectivity index (χ4v) is 3.79. The standard InChI is InChI=1S/C28H25ClN2O5/c1-3-35-27(17-36-26-14-13-22(34-2)16-23(26)28(32)33)24-6-4-5-20(30-24)11-12-21-10-8-18-7-9-19(29)15-25(18)31-21/h4-16,27H,3,17H2,1-2H3,(H,32,33)/b12-11+. The van der Waals surface area contributed by atoms with Crippen LogP contribution < -0.4 is 9.47 Å². The molecule has 7 nitrogen and oxygen atoms in total. The van der Waals surface area contributed by atoms with Crippen molar-refractivity contribution in [3.8, 4) is 11.5 Å². The Morgan fingerprint density at radius 1 is 1.03 bits per heavy atom. The highest BCUT2D eigenvalue weighted by Crippen LogP contribution is 2.26. The lowest BCUT2D eigenvalue weighted by molar-refractivity contribution is 0.0233. The molecule has 0 aliphatic heterocycles. The maximum atomic E-state index is 11.7. The molecule has 4 aromatic rings. The highest BCUT2D eigenvalue weighted by Gasteiger charge is 2.18. The minimum atomic E-state index is -1.10. The number of nitrogens with zero attached hydrogens (tertiary/aromatic N) is 2. The van der Waals surface area contributed by atoms with Crippen molar-refractivity contribution >= 4 is 40.6 Å². The number of methoxy groups -OCH3 is 1. The summed E-state index contributed by atoms with van der Waals surface area (Å²) in [5.74, 6) is -0.440. The van der Waals surface area contributed by atoms with E-state index in [1.807, 2.05) is 67.6 Å². The van der Waals surface area contributed by atoms with Crippen LogP contribution >= 0.6 is 11.6 Å². The van der Waals surface area contributed by atoms with Crippen molar-refractivity contribution in [3.63, 3.8) is 0 Å². The van der Waals surface area contributed by atoms with Crippen molar-refractivity contribution in [2.45, 2.75) is 13.0 Å². The predicted octanol–water partition coefficient (Wildman–Crippen LogP) is 6.32. The van der Waals surface area contributed by atoms with E-state index in [9.17, 15) is 9.90 Å². The number of ether oxygens (including phenoxy) is 3. The van der Waals surface area contributed by atoms with Crippen molar-refractivity contribution in [3.05, 3.63) is 94.4 Å². The molecule has 2 aromatic heterocycles. The number of fused-ring (bicyclic) bond motifs is 1. The zero-order chi connectivity index (χ0) is 25.5. The lowest BCUT2D eigenvalue weighted by atomic mass is 10.1. The fraction of sp³-hybridized carbons (Fsp3) is 0.179. The van der Waals surface area contributed by atoms with E-state index in [0.717, 1.165) is 22.3 Å². The molecular formula is C28H25ClN2O5. The first-order valence-corrected chi connectivity index (χ1v) is 11.7. The molecule has 184 valence electrons. The maximum absolute atomic E-state index is 11.7. The third kappa shape index (κ3) is 6.19. The van der Waals surface area contributed by atoms with Crippen LogP contribution in [0, 0.1) is 0 Å². The SMILES string of the molecule is CCOC(COc1ccc(OC)cc1C(=O)O)c1cccc(/C=C/c2ccc3ccc(Cl)cc3n2)n1. The van der Waals surface area contributed by atoms with E-state index in [0.29, 0.717) is 23.1 Å². The third-order valence-electron chi connectivity index (χ3n) is 5.40. The number of rotatable bonds is 10. The van der Waals surface area contributed by atoms with Gasteiger partial charge in [0, 0.05) is 17.0 Å². The van der Waals surface area contributed by atoms with Gasteiger partial charge in [0.1, 0.15) is 29.8 Å². The van der Waals surface area contributed by atoms with Gasteiger partial charge in [-0.2, -0.15) is 0 Å². The van der Waals surface area contributed by atoms with Crippen molar-refractivity contribution in [2.24, 2.45) is 0 Å². The Bertz CT molecular complexity index is 1410. The molecule has 0 spiro atoms. The van der Waals surface area contributed by atoms with Crippen LogP contribution in [0.2, 0.25) is 5.02 Å². The highest BCUT2D eigenvalue weighted by atomic mass is 35.5. The summed E-state index contributed by atoms with van der Waals surface area (Å²) in [4.78, 5) is 21.0. The van der Waals surface area contributed by atoms with Gasteiger partial charge < -0.3 is 19.3 Å². The minimum Gasteiger partial charge on any atom is -0.497 e. The van der Waals surface area contributed by atoms with Crippen LogP contribution in [0.15, 0.2) is 66.7 Å². The quantitative estimate of drug-likeness (QED) is 0.270. The molecule has 1 unspecified atom stereocenters. The summed E-state index contributed by atoms with van der Waals surface area (Å²) >= 11 is 6.09. The van der Waals surface area contributed by atoms with Gasteiger partial charge in [0.2, 0.25) is 0 Å². The van der Waals surface area contributed by atoms with Crippen LogP contribution in [0.3, 0.4) is 0 Å². The second kappa shape index (κ2) is 11.7. The average molecular weight is 505 g/mol.